The largest absolute Gasteiger partial charge is 0.287 e. The first-order chi connectivity index (χ1) is 12.7. The molecule has 1 amide bonds. The number of benzene rings is 2. The van der Waals surface area contributed by atoms with Crippen LogP contribution in [0.3, 0.4) is 0 Å². The third kappa shape index (κ3) is 3.42. The molecular weight excluding hydrogens is 322 g/mol. The van der Waals surface area contributed by atoms with Gasteiger partial charge in [0.25, 0.3) is 5.91 Å². The highest BCUT2D eigenvalue weighted by Crippen LogP contribution is 2.33. The van der Waals surface area contributed by atoms with E-state index in [0.29, 0.717) is 19.1 Å². The number of rotatable bonds is 4. The summed E-state index contributed by atoms with van der Waals surface area (Å²) in [6.07, 6.45) is 3.10. The van der Waals surface area contributed by atoms with Crippen LogP contribution >= 0.6 is 0 Å². The lowest BCUT2D eigenvalue weighted by Crippen LogP contribution is -2.37. The molecule has 1 unspecified atom stereocenters. The number of carbonyl (C=O) groups is 1. The minimum atomic E-state index is 0.108. The molecule has 0 N–H and O–H groups in total. The molecule has 2 aromatic rings. The predicted octanol–water partition coefficient (Wildman–Crippen LogP) is 3.77. The summed E-state index contributed by atoms with van der Waals surface area (Å²) >= 11 is 0. The number of hydrogen-bond donors (Lipinski definition) is 0. The van der Waals surface area contributed by atoms with E-state index < -0.39 is 0 Å². The smallest absolute Gasteiger partial charge is 0.256 e. The number of nitrogens with zero attached hydrogens (tertiary/aromatic N) is 3. The van der Waals surface area contributed by atoms with E-state index in [0.717, 1.165) is 37.1 Å². The standard InChI is InChI=1S/C22H25N3O/c1-17-8-5-6-11-19(17)21-12-7-14-24(21)16-22(26)25-15-13-20(23-25)18-9-3-2-4-10-18/h2-6,8-11,21H,7,12-16H2,1H3. The second kappa shape index (κ2) is 7.42. The molecule has 1 saturated heterocycles. The third-order valence-corrected chi connectivity index (χ3v) is 5.45. The van der Waals surface area contributed by atoms with Crippen molar-refractivity contribution in [3.8, 4) is 0 Å². The van der Waals surface area contributed by atoms with Crippen molar-refractivity contribution in [2.24, 2.45) is 5.10 Å². The van der Waals surface area contributed by atoms with Crippen LogP contribution in [0.15, 0.2) is 59.7 Å². The van der Waals surface area contributed by atoms with Crippen LogP contribution < -0.4 is 0 Å². The number of amides is 1. The molecule has 2 aliphatic rings. The maximum absolute atomic E-state index is 12.8. The zero-order chi connectivity index (χ0) is 17.9. The van der Waals surface area contributed by atoms with E-state index in [-0.39, 0.29) is 5.91 Å². The van der Waals surface area contributed by atoms with Crippen molar-refractivity contribution in [3.05, 3.63) is 71.3 Å². The Morgan fingerprint density at radius 3 is 2.65 bits per heavy atom. The van der Waals surface area contributed by atoms with Crippen LogP contribution in [0, 0.1) is 6.92 Å². The van der Waals surface area contributed by atoms with E-state index in [1.54, 1.807) is 5.01 Å². The van der Waals surface area contributed by atoms with Crippen molar-refractivity contribution in [3.63, 3.8) is 0 Å². The van der Waals surface area contributed by atoms with Crippen LogP contribution in [0.5, 0.6) is 0 Å². The molecule has 2 aliphatic heterocycles. The van der Waals surface area contributed by atoms with Crippen LogP contribution in [-0.2, 0) is 4.79 Å². The number of aryl methyl sites for hydroxylation is 1. The van der Waals surface area contributed by atoms with E-state index >= 15 is 0 Å². The van der Waals surface area contributed by atoms with Crippen LogP contribution in [0.2, 0.25) is 0 Å². The molecule has 0 saturated carbocycles. The summed E-state index contributed by atoms with van der Waals surface area (Å²) in [7, 11) is 0. The average Bonchev–Trinajstić information content (AvgIpc) is 3.33. The van der Waals surface area contributed by atoms with Gasteiger partial charge in [0.05, 0.1) is 18.8 Å². The predicted molar refractivity (Wildman–Crippen MR) is 104 cm³/mol. The van der Waals surface area contributed by atoms with Crippen LogP contribution in [0.1, 0.15) is 42.0 Å². The molecule has 4 heteroatoms. The molecule has 1 atom stereocenters. The van der Waals surface area contributed by atoms with Crippen LogP contribution in [-0.4, -0.2) is 41.2 Å². The lowest BCUT2D eigenvalue weighted by Gasteiger charge is -2.26. The normalized spacial score (nSPS) is 20.4. The Morgan fingerprint density at radius 2 is 1.85 bits per heavy atom. The first-order valence-corrected chi connectivity index (χ1v) is 9.45. The van der Waals surface area contributed by atoms with Gasteiger partial charge in [-0.15, -0.1) is 0 Å². The van der Waals surface area contributed by atoms with Crippen molar-refractivity contribution in [1.82, 2.24) is 9.91 Å². The van der Waals surface area contributed by atoms with Gasteiger partial charge in [-0.25, -0.2) is 5.01 Å². The highest BCUT2D eigenvalue weighted by Gasteiger charge is 2.31. The second-order valence-corrected chi connectivity index (χ2v) is 7.16. The van der Waals surface area contributed by atoms with Gasteiger partial charge in [-0.3, -0.25) is 9.69 Å². The summed E-state index contributed by atoms with van der Waals surface area (Å²) in [6.45, 7) is 4.27. The Hall–Kier alpha value is -2.46. The van der Waals surface area contributed by atoms with Crippen LogP contribution in [0.4, 0.5) is 0 Å². The molecule has 2 aromatic carbocycles. The number of carbonyl (C=O) groups excluding carboxylic acids is 1. The third-order valence-electron chi connectivity index (χ3n) is 5.45. The first-order valence-electron chi connectivity index (χ1n) is 9.45. The van der Waals surface area contributed by atoms with Gasteiger partial charge in [0, 0.05) is 12.5 Å². The highest BCUT2D eigenvalue weighted by atomic mass is 16.2. The zero-order valence-corrected chi connectivity index (χ0v) is 15.3. The van der Waals surface area contributed by atoms with Gasteiger partial charge in [0.1, 0.15) is 0 Å². The quantitative estimate of drug-likeness (QED) is 0.844. The van der Waals surface area contributed by atoms with E-state index in [4.69, 9.17) is 0 Å². The van der Waals surface area contributed by atoms with E-state index in [9.17, 15) is 4.79 Å². The first kappa shape index (κ1) is 17.0. The van der Waals surface area contributed by atoms with Crippen molar-refractivity contribution in [2.75, 3.05) is 19.6 Å². The summed E-state index contributed by atoms with van der Waals surface area (Å²) in [5, 5.41) is 6.25. The molecule has 4 rings (SSSR count). The maximum Gasteiger partial charge on any atom is 0.256 e. The van der Waals surface area contributed by atoms with Gasteiger partial charge in [-0.05, 0) is 43.0 Å². The second-order valence-electron chi connectivity index (χ2n) is 7.16. The monoisotopic (exact) mass is 347 g/mol. The molecule has 0 spiro atoms. The molecule has 134 valence electrons. The van der Waals surface area contributed by atoms with Crippen molar-refractivity contribution in [2.45, 2.75) is 32.2 Å². The summed E-state index contributed by atoms with van der Waals surface area (Å²) in [5.41, 5.74) is 4.78. The van der Waals surface area contributed by atoms with Crippen molar-refractivity contribution < 1.29 is 4.79 Å². The SMILES string of the molecule is Cc1ccccc1C1CCCN1CC(=O)N1CCC(c2ccccc2)=N1. The Balaban J connectivity index is 1.45. The molecular formula is C22H25N3O. The van der Waals surface area contributed by atoms with Crippen molar-refractivity contribution in [1.29, 1.82) is 0 Å². The molecule has 0 bridgehead atoms. The summed E-state index contributed by atoms with van der Waals surface area (Å²) in [4.78, 5) is 15.1. The Morgan fingerprint density at radius 1 is 1.08 bits per heavy atom. The fraction of sp³-hybridized carbons (Fsp3) is 0.364. The molecule has 1 fully saturated rings. The number of hydrogen-bond acceptors (Lipinski definition) is 3. The van der Waals surface area contributed by atoms with E-state index in [2.05, 4.69) is 53.3 Å². The van der Waals surface area contributed by atoms with E-state index in [1.807, 2.05) is 18.2 Å². The van der Waals surface area contributed by atoms with Gasteiger partial charge in [0.15, 0.2) is 0 Å². The minimum Gasteiger partial charge on any atom is -0.287 e. The van der Waals surface area contributed by atoms with E-state index in [1.165, 1.54) is 11.1 Å². The lowest BCUT2D eigenvalue weighted by molar-refractivity contribution is -0.132. The topological polar surface area (TPSA) is 35.9 Å². The van der Waals surface area contributed by atoms with Gasteiger partial charge in [-0.2, -0.15) is 5.10 Å². The fourth-order valence-electron chi connectivity index (χ4n) is 4.05. The molecule has 2 heterocycles. The highest BCUT2D eigenvalue weighted by molar-refractivity contribution is 6.02. The maximum atomic E-state index is 12.8. The minimum absolute atomic E-state index is 0.108. The average molecular weight is 347 g/mol. The molecule has 26 heavy (non-hydrogen) atoms. The number of hydrazone groups is 1. The lowest BCUT2D eigenvalue weighted by atomic mass is 9.99. The summed E-state index contributed by atoms with van der Waals surface area (Å²) < 4.78 is 0. The molecule has 0 aromatic heterocycles. The Kier molecular flexibility index (Phi) is 4.85. The number of likely N-dealkylation sites (tertiary alicyclic amines) is 1. The molecule has 0 radical (unpaired) electrons. The fourth-order valence-corrected chi connectivity index (χ4v) is 4.05. The Bertz CT molecular complexity index is 815. The van der Waals surface area contributed by atoms with Crippen molar-refractivity contribution >= 4 is 11.6 Å². The molecule has 4 nitrogen and oxygen atoms in total. The van der Waals surface area contributed by atoms with Gasteiger partial charge < -0.3 is 0 Å². The summed E-state index contributed by atoms with van der Waals surface area (Å²) in [6, 6.07) is 19.0. The molecule has 0 aliphatic carbocycles. The summed E-state index contributed by atoms with van der Waals surface area (Å²) in [5.74, 6) is 0.108. The zero-order valence-electron chi connectivity index (χ0n) is 15.3. The van der Waals surface area contributed by atoms with Gasteiger partial charge in [-0.1, -0.05) is 54.6 Å². The van der Waals surface area contributed by atoms with Crippen LogP contribution in [0.25, 0.3) is 0 Å². The van der Waals surface area contributed by atoms with Gasteiger partial charge in [0.2, 0.25) is 0 Å². The van der Waals surface area contributed by atoms with Gasteiger partial charge >= 0.3 is 0 Å². The Labute approximate surface area is 155 Å².